The fourth-order valence-corrected chi connectivity index (χ4v) is 3.96. The van der Waals surface area contributed by atoms with E-state index in [9.17, 15) is 13.2 Å². The van der Waals surface area contributed by atoms with Gasteiger partial charge in [-0.15, -0.1) is 0 Å². The minimum atomic E-state index is -3.28. The molecule has 0 unspecified atom stereocenters. The van der Waals surface area contributed by atoms with E-state index in [1.807, 2.05) is 4.90 Å². The minimum Gasteiger partial charge on any atom is -0.335 e. The average Bonchev–Trinajstić information content (AvgIpc) is 3.28. The second kappa shape index (κ2) is 6.27. The van der Waals surface area contributed by atoms with Gasteiger partial charge in [0.1, 0.15) is 0 Å². The zero-order chi connectivity index (χ0) is 16.6. The van der Waals surface area contributed by atoms with Gasteiger partial charge in [0.15, 0.2) is 9.84 Å². The molecule has 1 aromatic carbocycles. The normalized spacial score (nSPS) is 18.7. The largest absolute Gasteiger partial charge is 0.335 e. The fourth-order valence-electron chi connectivity index (χ4n) is 2.90. The molecule has 0 aliphatic heterocycles. The number of carbonyl (C=O) groups is 1. The standard InChI is InChI=1S/C18H25NO3S/c1-13(2)23(21,22)17-10-8-15(9-11-17)18(20)19(12-14-6-7-14)16-4-3-5-16/h8-11,13-14,16H,3-7,12H2,1-2H3. The summed E-state index contributed by atoms with van der Waals surface area (Å²) in [5, 5.41) is -0.453. The van der Waals surface area contributed by atoms with Gasteiger partial charge in [-0.1, -0.05) is 0 Å². The second-order valence-corrected chi connectivity index (χ2v) is 9.61. The summed E-state index contributed by atoms with van der Waals surface area (Å²) >= 11 is 0. The second-order valence-electron chi connectivity index (χ2n) is 7.10. The number of carbonyl (C=O) groups excluding carboxylic acids is 1. The molecule has 0 heterocycles. The smallest absolute Gasteiger partial charge is 0.254 e. The molecule has 0 N–H and O–H groups in total. The maximum Gasteiger partial charge on any atom is 0.254 e. The Kier molecular flexibility index (Phi) is 4.50. The van der Waals surface area contributed by atoms with Crippen LogP contribution in [-0.4, -0.2) is 37.1 Å². The van der Waals surface area contributed by atoms with E-state index in [0.29, 0.717) is 22.4 Å². The molecule has 2 aliphatic carbocycles. The van der Waals surface area contributed by atoms with E-state index in [1.165, 1.54) is 19.3 Å². The van der Waals surface area contributed by atoms with Crippen LogP contribution in [0.25, 0.3) is 0 Å². The maximum absolute atomic E-state index is 12.8. The van der Waals surface area contributed by atoms with Crippen molar-refractivity contribution in [3.63, 3.8) is 0 Å². The highest BCUT2D eigenvalue weighted by molar-refractivity contribution is 7.92. The molecule has 3 rings (SSSR count). The van der Waals surface area contributed by atoms with E-state index >= 15 is 0 Å². The third-order valence-electron chi connectivity index (χ3n) is 4.98. The lowest BCUT2D eigenvalue weighted by atomic mass is 9.90. The predicted molar refractivity (Wildman–Crippen MR) is 90.2 cm³/mol. The number of hydrogen-bond donors (Lipinski definition) is 0. The van der Waals surface area contributed by atoms with Gasteiger partial charge in [-0.3, -0.25) is 4.79 Å². The van der Waals surface area contributed by atoms with Gasteiger partial charge in [-0.05, 0) is 76.1 Å². The van der Waals surface area contributed by atoms with E-state index < -0.39 is 15.1 Å². The summed E-state index contributed by atoms with van der Waals surface area (Å²) in [5.41, 5.74) is 0.597. The van der Waals surface area contributed by atoms with Gasteiger partial charge >= 0.3 is 0 Å². The van der Waals surface area contributed by atoms with Crippen LogP contribution in [0.4, 0.5) is 0 Å². The lowest BCUT2D eigenvalue weighted by Gasteiger charge is -2.38. The van der Waals surface area contributed by atoms with E-state index in [4.69, 9.17) is 0 Å². The molecule has 2 aliphatic rings. The van der Waals surface area contributed by atoms with Crippen LogP contribution in [-0.2, 0) is 9.84 Å². The predicted octanol–water partition coefficient (Wildman–Crippen LogP) is 3.27. The molecule has 0 radical (unpaired) electrons. The maximum atomic E-state index is 12.8. The zero-order valence-electron chi connectivity index (χ0n) is 13.9. The summed E-state index contributed by atoms with van der Waals surface area (Å²) < 4.78 is 24.3. The first-order chi connectivity index (χ1) is 10.9. The van der Waals surface area contributed by atoms with Gasteiger partial charge in [0, 0.05) is 18.2 Å². The van der Waals surface area contributed by atoms with Crippen LogP contribution in [0.5, 0.6) is 0 Å². The van der Waals surface area contributed by atoms with Gasteiger partial charge in [-0.25, -0.2) is 8.42 Å². The molecule has 0 saturated heterocycles. The van der Waals surface area contributed by atoms with Crippen molar-refractivity contribution < 1.29 is 13.2 Å². The molecule has 4 nitrogen and oxygen atoms in total. The van der Waals surface area contributed by atoms with Crippen molar-refractivity contribution in [3.8, 4) is 0 Å². The molecule has 1 amide bonds. The van der Waals surface area contributed by atoms with Gasteiger partial charge in [0.2, 0.25) is 0 Å². The van der Waals surface area contributed by atoms with Gasteiger partial charge < -0.3 is 4.90 Å². The summed E-state index contributed by atoms with van der Waals surface area (Å²) in [6.07, 6.45) is 5.84. The molecule has 126 valence electrons. The average molecular weight is 335 g/mol. The van der Waals surface area contributed by atoms with Crippen molar-refractivity contribution in [2.75, 3.05) is 6.54 Å². The molecule has 2 saturated carbocycles. The van der Waals surface area contributed by atoms with Crippen LogP contribution in [0.3, 0.4) is 0 Å². The van der Waals surface area contributed by atoms with E-state index in [2.05, 4.69) is 0 Å². The van der Waals surface area contributed by atoms with Crippen molar-refractivity contribution >= 4 is 15.7 Å². The van der Waals surface area contributed by atoms with Crippen LogP contribution >= 0.6 is 0 Å². The molecule has 2 fully saturated rings. The first-order valence-corrected chi connectivity index (χ1v) is 10.1. The lowest BCUT2D eigenvalue weighted by molar-refractivity contribution is 0.0566. The molecule has 23 heavy (non-hydrogen) atoms. The molecular formula is C18H25NO3S. The van der Waals surface area contributed by atoms with E-state index in [1.54, 1.807) is 38.1 Å². The Morgan fingerprint density at radius 2 is 1.74 bits per heavy atom. The van der Waals surface area contributed by atoms with Crippen molar-refractivity contribution in [1.29, 1.82) is 0 Å². The Morgan fingerprint density at radius 3 is 2.17 bits per heavy atom. The van der Waals surface area contributed by atoms with Crippen molar-refractivity contribution in [1.82, 2.24) is 4.90 Å². The van der Waals surface area contributed by atoms with Gasteiger partial charge in [0.25, 0.3) is 5.91 Å². The molecule has 0 aromatic heterocycles. The lowest BCUT2D eigenvalue weighted by Crippen LogP contribution is -2.45. The van der Waals surface area contributed by atoms with Gasteiger partial charge in [-0.2, -0.15) is 0 Å². The molecule has 1 aromatic rings. The molecule has 5 heteroatoms. The number of sulfone groups is 1. The van der Waals surface area contributed by atoms with E-state index in [0.717, 1.165) is 19.4 Å². The van der Waals surface area contributed by atoms with Crippen molar-refractivity contribution in [2.45, 2.75) is 62.1 Å². The Morgan fingerprint density at radius 1 is 1.13 bits per heavy atom. The first-order valence-electron chi connectivity index (χ1n) is 8.54. The topological polar surface area (TPSA) is 54.5 Å². The van der Waals surface area contributed by atoms with Crippen LogP contribution in [0, 0.1) is 5.92 Å². The Labute approximate surface area is 138 Å². The quantitative estimate of drug-likeness (QED) is 0.802. The summed E-state index contributed by atoms with van der Waals surface area (Å²) in [7, 11) is -3.28. The Bertz CT molecular complexity index is 671. The van der Waals surface area contributed by atoms with Crippen molar-refractivity contribution in [3.05, 3.63) is 29.8 Å². The number of benzene rings is 1. The Balaban J connectivity index is 1.78. The van der Waals surface area contributed by atoms with E-state index in [-0.39, 0.29) is 5.91 Å². The molecule has 0 bridgehead atoms. The summed E-state index contributed by atoms with van der Waals surface area (Å²) in [6.45, 7) is 4.19. The summed E-state index contributed by atoms with van der Waals surface area (Å²) in [5.74, 6) is 0.718. The summed E-state index contributed by atoms with van der Waals surface area (Å²) in [4.78, 5) is 15.1. The van der Waals surface area contributed by atoms with Gasteiger partial charge in [0.05, 0.1) is 10.1 Å². The third-order valence-corrected chi connectivity index (χ3v) is 7.15. The van der Waals surface area contributed by atoms with Crippen LogP contribution in [0.1, 0.15) is 56.3 Å². The van der Waals surface area contributed by atoms with Crippen molar-refractivity contribution in [2.24, 2.45) is 5.92 Å². The van der Waals surface area contributed by atoms with Crippen LogP contribution in [0.15, 0.2) is 29.2 Å². The van der Waals surface area contributed by atoms with Crippen LogP contribution in [0.2, 0.25) is 0 Å². The summed E-state index contributed by atoms with van der Waals surface area (Å²) in [6, 6.07) is 6.84. The monoisotopic (exact) mass is 335 g/mol. The number of rotatable bonds is 6. The number of hydrogen-bond acceptors (Lipinski definition) is 3. The molecule has 0 atom stereocenters. The third kappa shape index (κ3) is 3.44. The highest BCUT2D eigenvalue weighted by atomic mass is 32.2. The zero-order valence-corrected chi connectivity index (χ0v) is 14.7. The number of nitrogens with zero attached hydrogens (tertiary/aromatic N) is 1. The SMILES string of the molecule is CC(C)S(=O)(=O)c1ccc(C(=O)N(CC2CC2)C2CCC2)cc1. The van der Waals surface area contributed by atoms with Crippen LogP contribution < -0.4 is 0 Å². The highest BCUT2D eigenvalue weighted by Crippen LogP contribution is 2.34. The minimum absolute atomic E-state index is 0.0510. The number of amides is 1. The highest BCUT2D eigenvalue weighted by Gasteiger charge is 2.34. The Hall–Kier alpha value is -1.36. The fraction of sp³-hybridized carbons (Fsp3) is 0.611. The first kappa shape index (κ1) is 16.5. The molecule has 0 spiro atoms. The molecular weight excluding hydrogens is 310 g/mol.